The van der Waals surface area contributed by atoms with E-state index < -0.39 is 5.60 Å². The van der Waals surface area contributed by atoms with E-state index in [1.54, 1.807) is 19.0 Å². The predicted octanol–water partition coefficient (Wildman–Crippen LogP) is 1.47. The maximum absolute atomic E-state index is 12.5. The van der Waals surface area contributed by atoms with Gasteiger partial charge in [0.2, 0.25) is 5.91 Å². The molecule has 0 saturated carbocycles. The Morgan fingerprint density at radius 2 is 2.22 bits per heavy atom. The van der Waals surface area contributed by atoms with E-state index in [9.17, 15) is 9.59 Å². The average molecular weight is 340 g/mol. The van der Waals surface area contributed by atoms with Crippen molar-refractivity contribution in [3.05, 3.63) is 22.4 Å². The van der Waals surface area contributed by atoms with Crippen molar-refractivity contribution in [3.63, 3.8) is 0 Å². The Hall–Kier alpha value is -1.44. The first-order valence-electron chi connectivity index (χ1n) is 7.56. The van der Waals surface area contributed by atoms with Crippen LogP contribution in [0.3, 0.4) is 0 Å². The van der Waals surface area contributed by atoms with E-state index in [-0.39, 0.29) is 31.1 Å². The summed E-state index contributed by atoms with van der Waals surface area (Å²) in [5.41, 5.74) is 0.263. The number of amides is 2. The first-order valence-corrected chi connectivity index (χ1v) is 8.50. The van der Waals surface area contributed by atoms with Crippen LogP contribution in [0.4, 0.5) is 0 Å². The molecule has 0 bridgehead atoms. The highest BCUT2D eigenvalue weighted by atomic mass is 32.1. The van der Waals surface area contributed by atoms with Gasteiger partial charge in [0.15, 0.2) is 0 Å². The van der Waals surface area contributed by atoms with Crippen molar-refractivity contribution < 1.29 is 19.1 Å². The summed E-state index contributed by atoms with van der Waals surface area (Å²) < 4.78 is 11.4. The molecule has 2 heterocycles. The van der Waals surface area contributed by atoms with E-state index in [0.717, 1.165) is 0 Å². The lowest BCUT2D eigenvalue weighted by Gasteiger charge is -2.42. The molecule has 0 radical (unpaired) electrons. The molecule has 1 aromatic rings. The van der Waals surface area contributed by atoms with Crippen LogP contribution in [0.5, 0.6) is 0 Å². The number of likely N-dealkylation sites (N-methyl/N-ethyl adjacent to an activating group) is 1. The summed E-state index contributed by atoms with van der Waals surface area (Å²) in [6.45, 7) is 5.22. The van der Waals surface area contributed by atoms with Gasteiger partial charge in [-0.25, -0.2) is 0 Å². The monoisotopic (exact) mass is 340 g/mol. The van der Waals surface area contributed by atoms with Crippen molar-refractivity contribution in [1.29, 1.82) is 0 Å². The van der Waals surface area contributed by atoms with E-state index in [0.29, 0.717) is 18.7 Å². The first-order chi connectivity index (χ1) is 10.8. The van der Waals surface area contributed by atoms with E-state index >= 15 is 0 Å². The quantitative estimate of drug-likeness (QED) is 0.814. The van der Waals surface area contributed by atoms with E-state index in [1.807, 2.05) is 30.7 Å². The third-order valence-corrected chi connectivity index (χ3v) is 4.25. The van der Waals surface area contributed by atoms with Crippen molar-refractivity contribution in [2.45, 2.75) is 25.6 Å². The van der Waals surface area contributed by atoms with Crippen LogP contribution in [-0.4, -0.2) is 73.7 Å². The molecule has 1 fully saturated rings. The van der Waals surface area contributed by atoms with Gasteiger partial charge in [0.05, 0.1) is 23.9 Å². The molecule has 1 saturated heterocycles. The number of ether oxygens (including phenoxy) is 2. The molecular formula is C16H24N2O4S. The van der Waals surface area contributed by atoms with E-state index in [4.69, 9.17) is 9.47 Å². The Bertz CT molecular complexity index is 542. The number of thiophene rings is 1. The second-order valence-corrected chi connectivity index (χ2v) is 7.28. The van der Waals surface area contributed by atoms with Gasteiger partial charge in [-0.3, -0.25) is 9.59 Å². The highest BCUT2D eigenvalue weighted by Crippen LogP contribution is 2.23. The molecule has 23 heavy (non-hydrogen) atoms. The van der Waals surface area contributed by atoms with Gasteiger partial charge in [0.25, 0.3) is 5.91 Å². The minimum atomic E-state index is -0.441. The molecule has 1 aliphatic rings. The third-order valence-electron chi connectivity index (χ3n) is 3.56. The molecule has 128 valence electrons. The summed E-state index contributed by atoms with van der Waals surface area (Å²) in [6, 6.07) is 1.83. The Morgan fingerprint density at radius 1 is 1.48 bits per heavy atom. The predicted molar refractivity (Wildman–Crippen MR) is 88.7 cm³/mol. The molecule has 6 nitrogen and oxygen atoms in total. The number of carbonyl (C=O) groups excluding carboxylic acids is 2. The number of carbonyl (C=O) groups is 2. The van der Waals surface area contributed by atoms with E-state index in [2.05, 4.69) is 0 Å². The third kappa shape index (κ3) is 5.02. The number of hydrogen-bond acceptors (Lipinski definition) is 5. The van der Waals surface area contributed by atoms with Gasteiger partial charge in [-0.05, 0) is 25.3 Å². The molecule has 7 heteroatoms. The zero-order chi connectivity index (χ0) is 17.0. The summed E-state index contributed by atoms with van der Waals surface area (Å²) in [5, 5.41) is 3.75. The zero-order valence-corrected chi connectivity index (χ0v) is 14.9. The molecule has 0 spiro atoms. The molecule has 1 aliphatic heterocycles. The lowest BCUT2D eigenvalue weighted by atomic mass is 10.0. The van der Waals surface area contributed by atoms with Gasteiger partial charge in [0.1, 0.15) is 6.61 Å². The van der Waals surface area contributed by atoms with Crippen molar-refractivity contribution in [1.82, 2.24) is 9.80 Å². The molecule has 0 aliphatic carbocycles. The molecule has 2 rings (SSSR count). The first kappa shape index (κ1) is 17.9. The van der Waals surface area contributed by atoms with Crippen molar-refractivity contribution in [2.75, 3.05) is 40.4 Å². The van der Waals surface area contributed by atoms with Crippen molar-refractivity contribution >= 4 is 23.2 Å². The summed E-state index contributed by atoms with van der Waals surface area (Å²) >= 11 is 1.51. The zero-order valence-electron chi connectivity index (χ0n) is 14.1. The van der Waals surface area contributed by atoms with Crippen molar-refractivity contribution in [2.24, 2.45) is 0 Å². The highest BCUT2D eigenvalue weighted by molar-refractivity contribution is 7.08. The maximum atomic E-state index is 12.5. The van der Waals surface area contributed by atoms with Crippen LogP contribution in [0.25, 0.3) is 0 Å². The average Bonchev–Trinajstić information content (AvgIpc) is 2.98. The number of rotatable bonds is 5. The molecular weight excluding hydrogens is 316 g/mol. The lowest BCUT2D eigenvalue weighted by molar-refractivity contribution is -0.153. The standard InChI is InChI=1S/C16H24N2O4S/c1-16(2)11-18(15(20)12-5-6-23-10-12)7-13(22-16)8-21-9-14(19)17(3)4/h5-6,10,13H,7-9,11H2,1-4H3/t13-/m1/s1. The van der Waals surface area contributed by atoms with Gasteiger partial charge in [-0.2, -0.15) is 11.3 Å². The second kappa shape index (κ2) is 7.42. The summed E-state index contributed by atoms with van der Waals surface area (Å²) in [5.74, 6) is -0.0803. The Morgan fingerprint density at radius 3 is 2.83 bits per heavy atom. The SMILES string of the molecule is CN(C)C(=O)COC[C@H]1CN(C(=O)c2ccsc2)CC(C)(C)O1. The van der Waals surface area contributed by atoms with Gasteiger partial charge >= 0.3 is 0 Å². The topological polar surface area (TPSA) is 59.1 Å². The minimum Gasteiger partial charge on any atom is -0.369 e. The van der Waals surface area contributed by atoms with Crippen LogP contribution < -0.4 is 0 Å². The molecule has 0 N–H and O–H groups in total. The molecule has 2 amide bonds. The fourth-order valence-corrected chi connectivity index (χ4v) is 3.14. The highest BCUT2D eigenvalue weighted by Gasteiger charge is 2.36. The lowest BCUT2D eigenvalue weighted by Crippen LogP contribution is -2.55. The van der Waals surface area contributed by atoms with Crippen LogP contribution in [0.2, 0.25) is 0 Å². The van der Waals surface area contributed by atoms with Gasteiger partial charge < -0.3 is 19.3 Å². The molecule has 0 aromatic carbocycles. The summed E-state index contributed by atoms with van der Waals surface area (Å²) in [7, 11) is 3.38. The summed E-state index contributed by atoms with van der Waals surface area (Å²) in [6.07, 6.45) is -0.240. The largest absolute Gasteiger partial charge is 0.369 e. The normalized spacial score (nSPS) is 20.3. The van der Waals surface area contributed by atoms with E-state index in [1.165, 1.54) is 16.2 Å². The minimum absolute atomic E-state index is 0.0111. The maximum Gasteiger partial charge on any atom is 0.254 e. The van der Waals surface area contributed by atoms with Crippen LogP contribution in [-0.2, 0) is 14.3 Å². The Labute approximate surface area is 141 Å². The van der Waals surface area contributed by atoms with Crippen LogP contribution in [0, 0.1) is 0 Å². The van der Waals surface area contributed by atoms with Gasteiger partial charge in [0, 0.05) is 32.6 Å². The molecule has 1 atom stereocenters. The smallest absolute Gasteiger partial charge is 0.254 e. The Kier molecular flexibility index (Phi) is 5.78. The second-order valence-electron chi connectivity index (χ2n) is 6.50. The van der Waals surface area contributed by atoms with Crippen LogP contribution >= 0.6 is 11.3 Å². The number of morpholine rings is 1. The van der Waals surface area contributed by atoms with Crippen LogP contribution in [0.15, 0.2) is 16.8 Å². The molecule has 0 unspecified atom stereocenters. The Balaban J connectivity index is 1.93. The fraction of sp³-hybridized carbons (Fsp3) is 0.625. The number of hydrogen-bond donors (Lipinski definition) is 0. The van der Waals surface area contributed by atoms with Crippen LogP contribution in [0.1, 0.15) is 24.2 Å². The number of nitrogens with zero attached hydrogens (tertiary/aromatic N) is 2. The summed E-state index contributed by atoms with van der Waals surface area (Å²) in [4.78, 5) is 27.4. The molecule has 1 aromatic heterocycles. The van der Waals surface area contributed by atoms with Gasteiger partial charge in [-0.1, -0.05) is 0 Å². The fourth-order valence-electron chi connectivity index (χ4n) is 2.51. The van der Waals surface area contributed by atoms with Crippen molar-refractivity contribution in [3.8, 4) is 0 Å². The van der Waals surface area contributed by atoms with Gasteiger partial charge in [-0.15, -0.1) is 0 Å².